The van der Waals surface area contributed by atoms with Gasteiger partial charge in [-0.15, -0.1) is 0 Å². The van der Waals surface area contributed by atoms with Gasteiger partial charge in [0.15, 0.2) is 0 Å². The molecular weight excluding hydrogens is 384 g/mol. The van der Waals surface area contributed by atoms with Gasteiger partial charge in [0, 0.05) is 11.6 Å². The van der Waals surface area contributed by atoms with Crippen molar-refractivity contribution in [2.24, 2.45) is 0 Å². The van der Waals surface area contributed by atoms with Gasteiger partial charge in [-0.05, 0) is 61.7 Å². The summed E-state index contributed by atoms with van der Waals surface area (Å²) in [6.45, 7) is 5.83. The minimum Gasteiger partial charge on any atom is -0.508 e. The van der Waals surface area contributed by atoms with Gasteiger partial charge in [0.25, 0.3) is 0 Å². The third kappa shape index (κ3) is 5.00. The molecule has 30 heavy (non-hydrogen) atoms. The van der Waals surface area contributed by atoms with Crippen LogP contribution in [0.5, 0.6) is 11.5 Å². The number of ether oxygens (including phenoxy) is 3. The van der Waals surface area contributed by atoms with Crippen molar-refractivity contribution in [3.05, 3.63) is 65.2 Å². The third-order valence-electron chi connectivity index (χ3n) is 4.61. The van der Waals surface area contributed by atoms with Crippen LogP contribution in [0, 0.1) is 0 Å². The van der Waals surface area contributed by atoms with Gasteiger partial charge in [0.2, 0.25) is 0 Å². The topological polar surface area (TPSA) is 82.1 Å². The average molecular weight is 410 g/mol. The predicted molar refractivity (Wildman–Crippen MR) is 112 cm³/mol. The van der Waals surface area contributed by atoms with E-state index in [-0.39, 0.29) is 17.8 Å². The number of rotatable bonds is 7. The molecule has 0 fully saturated rings. The Morgan fingerprint density at radius 1 is 1.17 bits per heavy atom. The second-order valence-electron chi connectivity index (χ2n) is 7.39. The summed E-state index contributed by atoms with van der Waals surface area (Å²) in [4.78, 5) is 24.7. The van der Waals surface area contributed by atoms with Crippen LogP contribution in [0.1, 0.15) is 55.9 Å². The number of hydrogen-bond donors (Lipinski definition) is 1. The molecule has 0 saturated heterocycles. The summed E-state index contributed by atoms with van der Waals surface area (Å²) in [7, 11) is 0. The van der Waals surface area contributed by atoms with Crippen molar-refractivity contribution in [2.45, 2.75) is 45.3 Å². The Hall–Kier alpha value is -3.28. The minimum absolute atomic E-state index is 0.139. The molecule has 0 spiro atoms. The minimum atomic E-state index is -0.646. The smallest absolute Gasteiger partial charge is 0.331 e. The number of benzene rings is 2. The van der Waals surface area contributed by atoms with Crippen molar-refractivity contribution in [3.8, 4) is 11.5 Å². The molecule has 3 rings (SSSR count). The molecule has 1 heterocycles. The van der Waals surface area contributed by atoms with Crippen molar-refractivity contribution >= 4 is 18.0 Å². The number of phenols is 1. The van der Waals surface area contributed by atoms with Crippen LogP contribution in [0.4, 0.5) is 0 Å². The molecule has 0 saturated carbocycles. The molecule has 6 heteroatoms. The van der Waals surface area contributed by atoms with E-state index in [1.54, 1.807) is 50.3 Å². The van der Waals surface area contributed by atoms with Gasteiger partial charge in [-0.2, -0.15) is 0 Å². The molecule has 2 atom stereocenters. The highest BCUT2D eigenvalue weighted by Crippen LogP contribution is 2.47. The summed E-state index contributed by atoms with van der Waals surface area (Å²) in [5.74, 6) is -0.711. The number of aromatic hydroxyl groups is 1. The fourth-order valence-corrected chi connectivity index (χ4v) is 3.29. The Morgan fingerprint density at radius 3 is 2.57 bits per heavy atom. The molecule has 2 aromatic rings. The monoisotopic (exact) mass is 410 g/mol. The lowest BCUT2D eigenvalue weighted by molar-refractivity contribution is -0.147. The Bertz CT molecular complexity index is 929. The normalized spacial score (nSPS) is 17.6. The van der Waals surface area contributed by atoms with E-state index in [2.05, 4.69) is 0 Å². The van der Waals surface area contributed by atoms with E-state index >= 15 is 0 Å². The maximum atomic E-state index is 12.9. The molecule has 1 N–H and O–H groups in total. The Kier molecular flexibility index (Phi) is 6.77. The van der Waals surface area contributed by atoms with Crippen molar-refractivity contribution in [1.29, 1.82) is 0 Å². The Morgan fingerprint density at radius 2 is 1.90 bits per heavy atom. The highest BCUT2D eigenvalue weighted by atomic mass is 16.5. The second-order valence-corrected chi connectivity index (χ2v) is 7.39. The molecule has 0 radical (unpaired) electrons. The first-order valence-corrected chi connectivity index (χ1v) is 10.0. The van der Waals surface area contributed by atoms with E-state index in [4.69, 9.17) is 14.2 Å². The number of phenolic OH excluding ortho intramolecular Hbond substituents is 1. The van der Waals surface area contributed by atoms with Crippen molar-refractivity contribution < 1.29 is 28.9 Å². The molecule has 1 aliphatic rings. The van der Waals surface area contributed by atoms with Crippen LogP contribution >= 0.6 is 0 Å². The number of carbonyl (C=O) groups is 2. The van der Waals surface area contributed by atoms with E-state index in [0.29, 0.717) is 17.9 Å². The molecular formula is C24H26O6. The second kappa shape index (κ2) is 9.48. The van der Waals surface area contributed by atoms with E-state index in [9.17, 15) is 14.7 Å². The summed E-state index contributed by atoms with van der Waals surface area (Å²) in [5.41, 5.74) is 2.21. The lowest BCUT2D eigenvalue weighted by Gasteiger charge is -2.18. The van der Waals surface area contributed by atoms with Gasteiger partial charge in [0.1, 0.15) is 23.5 Å². The summed E-state index contributed by atoms with van der Waals surface area (Å²) in [6.07, 6.45) is 2.97. The zero-order valence-electron chi connectivity index (χ0n) is 17.3. The quantitative estimate of drug-likeness (QED) is 0.534. The van der Waals surface area contributed by atoms with Crippen LogP contribution in [0.2, 0.25) is 0 Å². The van der Waals surface area contributed by atoms with E-state index in [1.807, 2.05) is 19.1 Å². The number of fused-ring (bicyclic) bond motifs is 1. The molecule has 6 nitrogen and oxygen atoms in total. The number of carbonyl (C=O) groups excluding carboxylic acids is 2. The van der Waals surface area contributed by atoms with E-state index in [0.717, 1.165) is 17.5 Å². The summed E-state index contributed by atoms with van der Waals surface area (Å²) >= 11 is 0. The van der Waals surface area contributed by atoms with Gasteiger partial charge >= 0.3 is 11.9 Å². The van der Waals surface area contributed by atoms with Crippen LogP contribution in [-0.2, 0) is 19.1 Å². The van der Waals surface area contributed by atoms with Crippen LogP contribution in [0.25, 0.3) is 6.08 Å². The lowest BCUT2D eigenvalue weighted by atomic mass is 9.90. The molecule has 1 aliphatic heterocycles. The first-order chi connectivity index (χ1) is 14.4. The predicted octanol–water partition coefficient (Wildman–Crippen LogP) is 4.53. The standard InChI is InChI=1S/C24H26O6/c1-4-13-28-24(27)22-19-14-16(6-12-21(26)29-15(2)3)5-11-20(19)30-23(22)17-7-9-18(25)10-8-17/h5-12,14-15,22-23,25H,4,13H2,1-3H3/b12-6+/t22-,23+/m1/s1. The maximum Gasteiger partial charge on any atom is 0.331 e. The van der Waals surface area contributed by atoms with Gasteiger partial charge < -0.3 is 19.3 Å². The van der Waals surface area contributed by atoms with Gasteiger partial charge in [-0.3, -0.25) is 4.79 Å². The van der Waals surface area contributed by atoms with Crippen molar-refractivity contribution in [2.75, 3.05) is 6.61 Å². The molecule has 2 aromatic carbocycles. The molecule has 0 aliphatic carbocycles. The van der Waals surface area contributed by atoms with Crippen LogP contribution in [-0.4, -0.2) is 29.8 Å². The Labute approximate surface area is 176 Å². The number of hydrogen-bond acceptors (Lipinski definition) is 6. The molecule has 0 amide bonds. The Balaban J connectivity index is 1.91. The molecule has 0 unspecified atom stereocenters. The van der Waals surface area contributed by atoms with Crippen molar-refractivity contribution in [1.82, 2.24) is 0 Å². The average Bonchev–Trinajstić information content (AvgIpc) is 3.09. The molecule has 158 valence electrons. The lowest BCUT2D eigenvalue weighted by Crippen LogP contribution is -2.21. The van der Waals surface area contributed by atoms with Crippen LogP contribution in [0.3, 0.4) is 0 Å². The first kappa shape index (κ1) is 21.4. The fourth-order valence-electron chi connectivity index (χ4n) is 3.29. The summed E-state index contributed by atoms with van der Waals surface area (Å²) < 4.78 is 16.6. The summed E-state index contributed by atoms with van der Waals surface area (Å²) in [6, 6.07) is 12.0. The fraction of sp³-hybridized carbons (Fsp3) is 0.333. The van der Waals surface area contributed by atoms with Gasteiger partial charge in [-0.25, -0.2) is 4.79 Å². The maximum absolute atomic E-state index is 12.9. The van der Waals surface area contributed by atoms with Gasteiger partial charge in [-0.1, -0.05) is 25.1 Å². The zero-order valence-corrected chi connectivity index (χ0v) is 17.3. The highest BCUT2D eigenvalue weighted by Gasteiger charge is 2.41. The highest BCUT2D eigenvalue weighted by molar-refractivity contribution is 5.87. The van der Waals surface area contributed by atoms with E-state index in [1.165, 1.54) is 6.08 Å². The first-order valence-electron chi connectivity index (χ1n) is 10.0. The summed E-state index contributed by atoms with van der Waals surface area (Å²) in [5, 5.41) is 9.58. The molecule has 0 bridgehead atoms. The van der Waals surface area contributed by atoms with Crippen LogP contribution in [0.15, 0.2) is 48.5 Å². The third-order valence-corrected chi connectivity index (χ3v) is 4.61. The van der Waals surface area contributed by atoms with Crippen molar-refractivity contribution in [3.63, 3.8) is 0 Å². The van der Waals surface area contributed by atoms with E-state index < -0.39 is 18.0 Å². The molecule has 0 aromatic heterocycles. The largest absolute Gasteiger partial charge is 0.508 e. The zero-order chi connectivity index (χ0) is 21.7. The van der Waals surface area contributed by atoms with Crippen LogP contribution < -0.4 is 4.74 Å². The number of esters is 2. The SMILES string of the molecule is CCCOC(=O)[C@@H]1c2cc(/C=C/C(=O)OC(C)C)ccc2O[C@H]1c1ccc(O)cc1. The van der Waals surface area contributed by atoms with Gasteiger partial charge in [0.05, 0.1) is 12.7 Å².